The summed E-state index contributed by atoms with van der Waals surface area (Å²) in [7, 11) is 0. The molecule has 1 fully saturated rings. The van der Waals surface area contributed by atoms with Crippen molar-refractivity contribution >= 4 is 21.6 Å². The van der Waals surface area contributed by atoms with Gasteiger partial charge in [0.15, 0.2) is 0 Å². The molecule has 100 valence electrons. The van der Waals surface area contributed by atoms with E-state index in [9.17, 15) is 0 Å². The van der Waals surface area contributed by atoms with Crippen molar-refractivity contribution in [1.29, 1.82) is 0 Å². The molecule has 2 atom stereocenters. The van der Waals surface area contributed by atoms with E-state index < -0.39 is 0 Å². The second-order valence-electron chi connectivity index (χ2n) is 6.28. The molecule has 0 amide bonds. The summed E-state index contributed by atoms with van der Waals surface area (Å²) < 4.78 is 1.19. The minimum absolute atomic E-state index is 0.291. The fraction of sp³-hybridized carbons (Fsp3) is 0.600. The van der Waals surface area contributed by atoms with Gasteiger partial charge in [0.25, 0.3) is 0 Å². The number of rotatable bonds is 1. The van der Waals surface area contributed by atoms with E-state index in [1.54, 1.807) is 0 Å². The SMILES string of the molecule is CC1CNC(C(C)(C)C)CN1c1ccccc1Br. The Labute approximate surface area is 119 Å². The molecule has 1 aliphatic rings. The first-order valence-electron chi connectivity index (χ1n) is 6.64. The molecule has 1 aromatic carbocycles. The first-order chi connectivity index (χ1) is 8.39. The molecule has 2 rings (SSSR count). The van der Waals surface area contributed by atoms with Gasteiger partial charge in [-0.05, 0) is 40.4 Å². The largest absolute Gasteiger partial charge is 0.365 e. The lowest BCUT2D eigenvalue weighted by Gasteiger charge is -2.45. The van der Waals surface area contributed by atoms with Crippen molar-refractivity contribution in [2.45, 2.75) is 39.8 Å². The van der Waals surface area contributed by atoms with Crippen LogP contribution < -0.4 is 10.2 Å². The summed E-state index contributed by atoms with van der Waals surface area (Å²) >= 11 is 3.67. The topological polar surface area (TPSA) is 15.3 Å². The maximum Gasteiger partial charge on any atom is 0.0514 e. The van der Waals surface area contributed by atoms with Gasteiger partial charge in [0.2, 0.25) is 0 Å². The molecule has 2 unspecified atom stereocenters. The number of halogens is 1. The number of nitrogens with zero attached hydrogens (tertiary/aromatic N) is 1. The molecule has 3 heteroatoms. The van der Waals surface area contributed by atoms with Gasteiger partial charge in [-0.15, -0.1) is 0 Å². The zero-order valence-corrected chi connectivity index (χ0v) is 13.3. The van der Waals surface area contributed by atoms with Gasteiger partial charge in [-0.1, -0.05) is 32.9 Å². The molecule has 1 heterocycles. The van der Waals surface area contributed by atoms with Gasteiger partial charge in [-0.3, -0.25) is 0 Å². The van der Waals surface area contributed by atoms with Crippen molar-refractivity contribution in [2.75, 3.05) is 18.0 Å². The normalized spacial score (nSPS) is 25.3. The Kier molecular flexibility index (Phi) is 4.02. The molecule has 0 aromatic heterocycles. The first kappa shape index (κ1) is 13.9. The number of hydrogen-bond acceptors (Lipinski definition) is 2. The van der Waals surface area contributed by atoms with Gasteiger partial charge < -0.3 is 10.2 Å². The Morgan fingerprint density at radius 2 is 1.94 bits per heavy atom. The third kappa shape index (κ3) is 2.89. The highest BCUT2D eigenvalue weighted by atomic mass is 79.9. The summed E-state index contributed by atoms with van der Waals surface area (Å²) in [5.74, 6) is 0. The minimum atomic E-state index is 0.291. The lowest BCUT2D eigenvalue weighted by atomic mass is 9.84. The van der Waals surface area contributed by atoms with Crippen LogP contribution in [0.25, 0.3) is 0 Å². The number of hydrogen-bond donors (Lipinski definition) is 1. The van der Waals surface area contributed by atoms with Crippen LogP contribution in [0.1, 0.15) is 27.7 Å². The van der Waals surface area contributed by atoms with E-state index in [2.05, 4.69) is 78.1 Å². The fourth-order valence-corrected chi connectivity index (χ4v) is 2.98. The Balaban J connectivity index is 2.23. The van der Waals surface area contributed by atoms with Crippen LogP contribution in [-0.4, -0.2) is 25.2 Å². The lowest BCUT2D eigenvalue weighted by molar-refractivity contribution is 0.239. The molecule has 0 aliphatic carbocycles. The summed E-state index contributed by atoms with van der Waals surface area (Å²) in [6, 6.07) is 9.56. The van der Waals surface area contributed by atoms with E-state index in [-0.39, 0.29) is 0 Å². The number of benzene rings is 1. The highest BCUT2D eigenvalue weighted by molar-refractivity contribution is 9.10. The second-order valence-corrected chi connectivity index (χ2v) is 7.13. The Bertz CT molecular complexity index is 411. The molecule has 1 aromatic rings. The van der Waals surface area contributed by atoms with Crippen LogP contribution in [0.2, 0.25) is 0 Å². The second kappa shape index (κ2) is 5.22. The van der Waals surface area contributed by atoms with Crippen LogP contribution in [-0.2, 0) is 0 Å². The van der Waals surface area contributed by atoms with Crippen LogP contribution in [0.5, 0.6) is 0 Å². The molecule has 0 bridgehead atoms. The van der Waals surface area contributed by atoms with E-state index in [4.69, 9.17) is 0 Å². The third-order valence-corrected chi connectivity index (χ3v) is 4.45. The van der Waals surface area contributed by atoms with Crippen molar-refractivity contribution < 1.29 is 0 Å². The van der Waals surface area contributed by atoms with Crippen molar-refractivity contribution in [3.63, 3.8) is 0 Å². The van der Waals surface area contributed by atoms with Crippen molar-refractivity contribution in [2.24, 2.45) is 5.41 Å². The summed E-state index contributed by atoms with van der Waals surface area (Å²) in [6.45, 7) is 11.3. The number of piperazine rings is 1. The quantitative estimate of drug-likeness (QED) is 0.851. The van der Waals surface area contributed by atoms with Crippen LogP contribution in [0.4, 0.5) is 5.69 Å². The highest BCUT2D eigenvalue weighted by Crippen LogP contribution is 2.31. The molecular formula is C15H23BrN2. The highest BCUT2D eigenvalue weighted by Gasteiger charge is 2.32. The maximum absolute atomic E-state index is 3.67. The summed E-state index contributed by atoms with van der Waals surface area (Å²) in [5.41, 5.74) is 1.60. The average Bonchev–Trinajstić information content (AvgIpc) is 2.29. The van der Waals surface area contributed by atoms with Crippen molar-refractivity contribution in [3.05, 3.63) is 28.7 Å². The smallest absolute Gasteiger partial charge is 0.0514 e. The van der Waals surface area contributed by atoms with E-state index >= 15 is 0 Å². The van der Waals surface area contributed by atoms with Gasteiger partial charge in [-0.25, -0.2) is 0 Å². The van der Waals surface area contributed by atoms with E-state index in [0.29, 0.717) is 17.5 Å². The van der Waals surface area contributed by atoms with Gasteiger partial charge in [-0.2, -0.15) is 0 Å². The van der Waals surface area contributed by atoms with E-state index in [1.807, 2.05) is 0 Å². The van der Waals surface area contributed by atoms with Crippen LogP contribution in [0.3, 0.4) is 0 Å². The molecule has 1 N–H and O–H groups in total. The van der Waals surface area contributed by atoms with Gasteiger partial charge in [0.1, 0.15) is 0 Å². The van der Waals surface area contributed by atoms with Crippen LogP contribution in [0.15, 0.2) is 28.7 Å². The summed E-state index contributed by atoms with van der Waals surface area (Å²) in [5, 5.41) is 3.67. The van der Waals surface area contributed by atoms with Crippen molar-refractivity contribution in [1.82, 2.24) is 5.32 Å². The molecule has 0 radical (unpaired) electrons. The molecule has 1 saturated heterocycles. The molecule has 2 nitrogen and oxygen atoms in total. The molecular weight excluding hydrogens is 288 g/mol. The number of anilines is 1. The predicted octanol–water partition coefficient (Wildman–Crippen LogP) is 3.66. The molecule has 1 aliphatic heterocycles. The molecule has 18 heavy (non-hydrogen) atoms. The molecule has 0 spiro atoms. The predicted molar refractivity (Wildman–Crippen MR) is 82.2 cm³/mol. The zero-order valence-electron chi connectivity index (χ0n) is 11.7. The van der Waals surface area contributed by atoms with E-state index in [0.717, 1.165) is 13.1 Å². The first-order valence-corrected chi connectivity index (χ1v) is 7.43. The van der Waals surface area contributed by atoms with Crippen LogP contribution >= 0.6 is 15.9 Å². The monoisotopic (exact) mass is 310 g/mol. The number of para-hydroxylation sites is 1. The van der Waals surface area contributed by atoms with Crippen molar-refractivity contribution in [3.8, 4) is 0 Å². The van der Waals surface area contributed by atoms with Gasteiger partial charge in [0.05, 0.1) is 5.69 Å². The van der Waals surface area contributed by atoms with E-state index in [1.165, 1.54) is 10.2 Å². The summed E-state index contributed by atoms with van der Waals surface area (Å²) in [6.07, 6.45) is 0. The Morgan fingerprint density at radius 3 is 2.56 bits per heavy atom. The third-order valence-electron chi connectivity index (χ3n) is 3.78. The average molecular weight is 311 g/mol. The lowest BCUT2D eigenvalue weighted by Crippen LogP contribution is -2.59. The summed E-state index contributed by atoms with van der Waals surface area (Å²) in [4.78, 5) is 2.51. The Hall–Kier alpha value is -0.540. The minimum Gasteiger partial charge on any atom is -0.365 e. The van der Waals surface area contributed by atoms with Crippen LogP contribution in [0, 0.1) is 5.41 Å². The van der Waals surface area contributed by atoms with Gasteiger partial charge >= 0.3 is 0 Å². The number of nitrogens with one attached hydrogen (secondary N) is 1. The fourth-order valence-electron chi connectivity index (χ4n) is 2.46. The molecule has 0 saturated carbocycles. The van der Waals surface area contributed by atoms with Gasteiger partial charge in [0, 0.05) is 29.6 Å². The maximum atomic E-state index is 3.67. The zero-order chi connectivity index (χ0) is 13.3. The Morgan fingerprint density at radius 1 is 1.28 bits per heavy atom. The standard InChI is InChI=1S/C15H23BrN2/c1-11-9-17-14(15(2,3)4)10-18(11)13-8-6-5-7-12(13)16/h5-8,11,14,17H,9-10H2,1-4H3.